The van der Waals surface area contributed by atoms with E-state index in [1.165, 1.54) is 17.4 Å². The van der Waals surface area contributed by atoms with Gasteiger partial charge in [-0.1, -0.05) is 0 Å². The minimum atomic E-state index is -0.915. The summed E-state index contributed by atoms with van der Waals surface area (Å²) in [7, 11) is 0. The minimum absolute atomic E-state index is 0.161. The molecule has 1 spiro atoms. The number of H-pyrrole nitrogens is 1. The van der Waals surface area contributed by atoms with E-state index in [1.807, 2.05) is 0 Å². The number of hydrogen-bond donors (Lipinski definition) is 2. The van der Waals surface area contributed by atoms with Gasteiger partial charge in [0.2, 0.25) is 5.56 Å². The summed E-state index contributed by atoms with van der Waals surface area (Å²) < 4.78 is 6.12. The predicted molar refractivity (Wildman–Crippen MR) is 99.5 cm³/mol. The van der Waals surface area contributed by atoms with E-state index in [0.717, 1.165) is 16.9 Å². The molecule has 0 unspecified atom stereocenters. The maximum atomic E-state index is 12.8. The van der Waals surface area contributed by atoms with Crippen LogP contribution in [0.5, 0.6) is 0 Å². The van der Waals surface area contributed by atoms with Crippen LogP contribution in [-0.2, 0) is 16.8 Å². The average molecular weight is 388 g/mol. The fourth-order valence-electron chi connectivity index (χ4n) is 4.00. The molecule has 0 bridgehead atoms. The van der Waals surface area contributed by atoms with Crippen molar-refractivity contribution in [2.75, 3.05) is 19.7 Å². The van der Waals surface area contributed by atoms with Crippen LogP contribution in [0.25, 0.3) is 0 Å². The largest absolute Gasteiger partial charge is 0.477 e. The molecule has 2 aliphatic rings. The van der Waals surface area contributed by atoms with E-state index >= 15 is 0 Å². The van der Waals surface area contributed by atoms with Crippen LogP contribution in [0.1, 0.15) is 49.0 Å². The SMILES string of the molecule is Cc1cc(C(=O)N2CCC3(CC2)OCCc2sc(C(=O)O)cc23)cc(=O)[nH]1. The molecule has 0 saturated carbocycles. The van der Waals surface area contributed by atoms with Gasteiger partial charge >= 0.3 is 5.97 Å². The summed E-state index contributed by atoms with van der Waals surface area (Å²) in [6.45, 7) is 3.32. The number of carboxylic acid groups (broad SMARTS) is 1. The summed E-state index contributed by atoms with van der Waals surface area (Å²) >= 11 is 1.32. The lowest BCUT2D eigenvalue weighted by molar-refractivity contribution is -0.0926. The smallest absolute Gasteiger partial charge is 0.345 e. The fraction of sp³-hybridized carbons (Fsp3) is 0.421. The number of aromatic nitrogens is 1. The van der Waals surface area contributed by atoms with Gasteiger partial charge in [0.1, 0.15) is 4.88 Å². The monoisotopic (exact) mass is 388 g/mol. The molecular formula is C19H20N2O5S. The molecule has 0 radical (unpaired) electrons. The highest BCUT2D eigenvalue weighted by Crippen LogP contribution is 2.44. The third-order valence-corrected chi connectivity index (χ3v) is 6.49. The zero-order chi connectivity index (χ0) is 19.2. The fourth-order valence-corrected chi connectivity index (χ4v) is 5.07. The van der Waals surface area contributed by atoms with Crippen LogP contribution in [0.15, 0.2) is 23.0 Å². The van der Waals surface area contributed by atoms with Crippen LogP contribution in [-0.4, -0.2) is 46.6 Å². The van der Waals surface area contributed by atoms with Crippen LogP contribution >= 0.6 is 11.3 Å². The molecule has 142 valence electrons. The molecule has 1 amide bonds. The molecule has 1 saturated heterocycles. The molecule has 2 N–H and O–H groups in total. The van der Waals surface area contributed by atoms with Crippen molar-refractivity contribution < 1.29 is 19.4 Å². The molecule has 2 aliphatic heterocycles. The number of aromatic carboxylic acids is 1. The maximum Gasteiger partial charge on any atom is 0.345 e. The number of nitrogens with zero attached hydrogens (tertiary/aromatic N) is 1. The third kappa shape index (κ3) is 3.19. The standard InChI is InChI=1S/C19H20N2O5S/c1-11-8-12(9-16(22)20-11)17(23)21-5-3-19(4-6-21)13-10-15(18(24)25)27-14(13)2-7-26-19/h8-10H,2-7H2,1H3,(H,20,22)(H,24,25). The zero-order valence-corrected chi connectivity index (χ0v) is 15.7. The number of thiophene rings is 1. The number of rotatable bonds is 2. The van der Waals surface area contributed by atoms with Crippen molar-refractivity contribution in [3.05, 3.63) is 55.1 Å². The van der Waals surface area contributed by atoms with E-state index < -0.39 is 11.6 Å². The summed E-state index contributed by atoms with van der Waals surface area (Å²) in [5, 5.41) is 9.30. The number of ether oxygens (including phenoxy) is 1. The van der Waals surface area contributed by atoms with Crippen molar-refractivity contribution in [3.8, 4) is 0 Å². The summed E-state index contributed by atoms with van der Waals surface area (Å²) in [5.74, 6) is -1.08. The van der Waals surface area contributed by atoms with Crippen molar-refractivity contribution in [2.24, 2.45) is 0 Å². The molecule has 0 atom stereocenters. The highest BCUT2D eigenvalue weighted by atomic mass is 32.1. The first-order valence-corrected chi connectivity index (χ1v) is 9.70. The first-order valence-electron chi connectivity index (χ1n) is 8.89. The quantitative estimate of drug-likeness (QED) is 0.821. The van der Waals surface area contributed by atoms with Crippen LogP contribution in [0.3, 0.4) is 0 Å². The number of carbonyl (C=O) groups excluding carboxylic acids is 1. The molecule has 1 fully saturated rings. The van der Waals surface area contributed by atoms with Gasteiger partial charge in [0.25, 0.3) is 5.91 Å². The highest BCUT2D eigenvalue weighted by molar-refractivity contribution is 7.14. The predicted octanol–water partition coefficient (Wildman–Crippen LogP) is 2.15. The van der Waals surface area contributed by atoms with Gasteiger partial charge in [0.05, 0.1) is 12.2 Å². The van der Waals surface area contributed by atoms with E-state index in [4.69, 9.17) is 4.74 Å². The van der Waals surface area contributed by atoms with Crippen LogP contribution < -0.4 is 5.56 Å². The second kappa shape index (κ2) is 6.61. The second-order valence-electron chi connectivity index (χ2n) is 7.05. The highest BCUT2D eigenvalue weighted by Gasteiger charge is 2.43. The van der Waals surface area contributed by atoms with E-state index in [2.05, 4.69) is 4.98 Å². The Labute approximate surface area is 159 Å². The van der Waals surface area contributed by atoms with Crippen molar-refractivity contribution in [1.82, 2.24) is 9.88 Å². The lowest BCUT2D eigenvalue weighted by Crippen LogP contribution is -2.48. The third-order valence-electron chi connectivity index (χ3n) is 5.30. The number of carbonyl (C=O) groups is 2. The maximum absolute atomic E-state index is 12.8. The van der Waals surface area contributed by atoms with Crippen LogP contribution in [0.4, 0.5) is 0 Å². The zero-order valence-electron chi connectivity index (χ0n) is 14.9. The van der Waals surface area contributed by atoms with Gasteiger partial charge in [0.15, 0.2) is 0 Å². The van der Waals surface area contributed by atoms with Crippen LogP contribution in [0, 0.1) is 6.92 Å². The number of hydrogen-bond acceptors (Lipinski definition) is 5. The Balaban J connectivity index is 1.55. The number of pyridine rings is 1. The number of nitrogens with one attached hydrogen (secondary N) is 1. The first kappa shape index (κ1) is 17.9. The first-order chi connectivity index (χ1) is 12.9. The molecule has 0 aromatic carbocycles. The average Bonchev–Trinajstić information content (AvgIpc) is 3.07. The lowest BCUT2D eigenvalue weighted by atomic mass is 9.82. The van der Waals surface area contributed by atoms with Crippen LogP contribution in [0.2, 0.25) is 0 Å². The number of piperidine rings is 1. The molecule has 4 rings (SSSR count). The number of aromatic amines is 1. The second-order valence-corrected chi connectivity index (χ2v) is 8.19. The van der Waals surface area contributed by atoms with Gasteiger partial charge in [-0.2, -0.15) is 0 Å². The molecule has 8 heteroatoms. The molecular weight excluding hydrogens is 368 g/mol. The van der Waals surface area contributed by atoms with Crippen molar-refractivity contribution in [2.45, 2.75) is 31.8 Å². The van der Waals surface area contributed by atoms with E-state index in [0.29, 0.717) is 48.7 Å². The Morgan fingerprint density at radius 2 is 2.00 bits per heavy atom. The summed E-state index contributed by atoms with van der Waals surface area (Å²) in [5.41, 5.74) is 1.21. The van der Waals surface area contributed by atoms with Crippen molar-refractivity contribution >= 4 is 23.2 Å². The summed E-state index contributed by atoms with van der Waals surface area (Å²) in [4.78, 5) is 41.5. The van der Waals surface area contributed by atoms with Gasteiger partial charge < -0.3 is 19.7 Å². The van der Waals surface area contributed by atoms with Gasteiger partial charge in [-0.15, -0.1) is 11.3 Å². The Kier molecular flexibility index (Phi) is 4.39. The summed E-state index contributed by atoms with van der Waals surface area (Å²) in [6.07, 6.45) is 1.96. The molecule has 4 heterocycles. The number of carboxylic acids is 1. The van der Waals surface area contributed by atoms with Gasteiger partial charge in [-0.25, -0.2) is 4.79 Å². The molecule has 2 aromatic heterocycles. The van der Waals surface area contributed by atoms with E-state index in [9.17, 15) is 19.5 Å². The Hall–Kier alpha value is -2.45. The Bertz CT molecular complexity index is 969. The number of aryl methyl sites for hydroxylation is 1. The van der Waals surface area contributed by atoms with E-state index in [1.54, 1.807) is 24.0 Å². The van der Waals surface area contributed by atoms with Crippen molar-refractivity contribution in [3.63, 3.8) is 0 Å². The molecule has 2 aromatic rings. The number of likely N-dealkylation sites (tertiary alicyclic amines) is 1. The molecule has 0 aliphatic carbocycles. The normalized spacial score (nSPS) is 18.3. The van der Waals surface area contributed by atoms with Crippen molar-refractivity contribution in [1.29, 1.82) is 0 Å². The minimum Gasteiger partial charge on any atom is -0.477 e. The molecule has 7 nitrogen and oxygen atoms in total. The van der Waals surface area contributed by atoms with Gasteiger partial charge in [0, 0.05) is 41.7 Å². The lowest BCUT2D eigenvalue weighted by Gasteiger charge is -2.44. The Morgan fingerprint density at radius 3 is 2.67 bits per heavy atom. The number of amides is 1. The van der Waals surface area contributed by atoms with E-state index in [-0.39, 0.29) is 11.5 Å². The number of fused-ring (bicyclic) bond motifs is 2. The summed E-state index contributed by atoms with van der Waals surface area (Å²) in [6, 6.07) is 4.74. The topological polar surface area (TPSA) is 99.7 Å². The van der Waals surface area contributed by atoms with Gasteiger partial charge in [-0.05, 0) is 37.5 Å². The molecule has 27 heavy (non-hydrogen) atoms. The van der Waals surface area contributed by atoms with Gasteiger partial charge in [-0.3, -0.25) is 9.59 Å². The Morgan fingerprint density at radius 1 is 1.26 bits per heavy atom.